The molecule has 0 fully saturated rings. The zero-order chi connectivity index (χ0) is 17.9. The average molecular weight is 400 g/mol. The van der Waals surface area contributed by atoms with Crippen molar-refractivity contribution >= 4 is 45.0 Å². The Morgan fingerprint density at radius 3 is 2.62 bits per heavy atom. The van der Waals surface area contributed by atoms with Gasteiger partial charge in [0.2, 0.25) is 0 Å². The van der Waals surface area contributed by atoms with Gasteiger partial charge >= 0.3 is 0 Å². The smallest absolute Gasteiger partial charge is 0.276 e. The molecule has 1 aromatic carbocycles. The Morgan fingerprint density at radius 1 is 1.04 bits per heavy atom. The van der Waals surface area contributed by atoms with E-state index < -0.39 is 0 Å². The third kappa shape index (κ3) is 3.52. The van der Waals surface area contributed by atoms with Crippen molar-refractivity contribution in [1.29, 1.82) is 0 Å². The molecule has 26 heavy (non-hydrogen) atoms. The SMILES string of the molecule is COc1ccc(-c2csc(NC(=O)c3csc(-c4cccs4)n3)n2)cc1. The number of aromatic nitrogens is 2. The number of benzene rings is 1. The number of hydrogen-bond donors (Lipinski definition) is 1. The lowest BCUT2D eigenvalue weighted by Gasteiger charge is -2.00. The maximum Gasteiger partial charge on any atom is 0.276 e. The Balaban J connectivity index is 1.47. The number of ether oxygens (including phenoxy) is 1. The first-order valence-corrected chi connectivity index (χ1v) is 10.3. The number of thiophene rings is 1. The van der Waals surface area contributed by atoms with Gasteiger partial charge in [-0.2, -0.15) is 0 Å². The maximum atomic E-state index is 12.4. The summed E-state index contributed by atoms with van der Waals surface area (Å²) in [5.41, 5.74) is 2.18. The van der Waals surface area contributed by atoms with Gasteiger partial charge in [-0.15, -0.1) is 34.0 Å². The average Bonchev–Trinajstić information content (AvgIpc) is 3.41. The van der Waals surface area contributed by atoms with Crippen LogP contribution in [0.2, 0.25) is 0 Å². The van der Waals surface area contributed by atoms with Crippen molar-refractivity contribution in [3.05, 3.63) is 58.2 Å². The molecule has 0 aliphatic carbocycles. The molecular formula is C18H13N3O2S3. The standard InChI is InChI=1S/C18H13N3O2S3/c1-23-12-6-4-11(5-7-12)13-9-26-18(20-13)21-16(22)14-10-25-17(19-14)15-3-2-8-24-15/h2-10H,1H3,(H,20,21,22). The monoisotopic (exact) mass is 399 g/mol. The summed E-state index contributed by atoms with van der Waals surface area (Å²) < 4.78 is 5.16. The van der Waals surface area contributed by atoms with Crippen molar-refractivity contribution in [1.82, 2.24) is 9.97 Å². The molecule has 0 radical (unpaired) electrons. The largest absolute Gasteiger partial charge is 0.497 e. The van der Waals surface area contributed by atoms with Crippen LogP contribution in [0.4, 0.5) is 5.13 Å². The van der Waals surface area contributed by atoms with Crippen LogP contribution in [-0.4, -0.2) is 23.0 Å². The molecule has 0 atom stereocenters. The second kappa shape index (κ2) is 7.36. The van der Waals surface area contributed by atoms with Crippen molar-refractivity contribution in [2.45, 2.75) is 0 Å². The highest BCUT2D eigenvalue weighted by Crippen LogP contribution is 2.29. The highest BCUT2D eigenvalue weighted by atomic mass is 32.1. The first-order valence-electron chi connectivity index (χ1n) is 7.63. The minimum Gasteiger partial charge on any atom is -0.497 e. The number of nitrogens with zero attached hydrogens (tertiary/aromatic N) is 2. The molecule has 0 unspecified atom stereocenters. The molecule has 1 N–H and O–H groups in total. The van der Waals surface area contributed by atoms with Gasteiger partial charge in [0, 0.05) is 16.3 Å². The molecule has 5 nitrogen and oxygen atoms in total. The van der Waals surface area contributed by atoms with Gasteiger partial charge in [-0.25, -0.2) is 9.97 Å². The van der Waals surface area contributed by atoms with E-state index in [1.807, 2.05) is 47.2 Å². The molecule has 0 saturated heterocycles. The zero-order valence-corrected chi connectivity index (χ0v) is 16.1. The number of carbonyl (C=O) groups is 1. The van der Waals surface area contributed by atoms with Crippen LogP contribution in [-0.2, 0) is 0 Å². The summed E-state index contributed by atoms with van der Waals surface area (Å²) in [6, 6.07) is 11.6. The number of carbonyl (C=O) groups excluding carboxylic acids is 1. The minimum absolute atomic E-state index is 0.250. The lowest BCUT2D eigenvalue weighted by Crippen LogP contribution is -2.12. The van der Waals surface area contributed by atoms with Gasteiger partial charge in [-0.1, -0.05) is 6.07 Å². The molecule has 4 rings (SSSR count). The second-order valence-electron chi connectivity index (χ2n) is 5.24. The van der Waals surface area contributed by atoms with Crippen LogP contribution < -0.4 is 10.1 Å². The van der Waals surface area contributed by atoms with Crippen LogP contribution in [0.3, 0.4) is 0 Å². The summed E-state index contributed by atoms with van der Waals surface area (Å²) in [5.74, 6) is 0.544. The van der Waals surface area contributed by atoms with Crippen molar-refractivity contribution in [3.63, 3.8) is 0 Å². The summed E-state index contributed by atoms with van der Waals surface area (Å²) >= 11 is 4.45. The molecule has 8 heteroatoms. The Labute approximate surface area is 162 Å². The number of nitrogens with one attached hydrogen (secondary N) is 1. The number of rotatable bonds is 5. The van der Waals surface area contributed by atoms with Gasteiger partial charge in [-0.05, 0) is 35.7 Å². The molecule has 3 aromatic heterocycles. The Kier molecular flexibility index (Phi) is 4.79. The molecular weight excluding hydrogens is 386 g/mol. The fourth-order valence-corrected chi connectivity index (χ4v) is 4.61. The van der Waals surface area contributed by atoms with Crippen LogP contribution in [0.25, 0.3) is 21.1 Å². The normalized spacial score (nSPS) is 10.7. The predicted molar refractivity (Wildman–Crippen MR) is 107 cm³/mol. The zero-order valence-electron chi connectivity index (χ0n) is 13.6. The molecule has 0 aliphatic rings. The molecule has 130 valence electrons. The van der Waals surface area contributed by atoms with E-state index in [0.29, 0.717) is 10.8 Å². The van der Waals surface area contributed by atoms with E-state index in [9.17, 15) is 4.79 Å². The van der Waals surface area contributed by atoms with E-state index in [0.717, 1.165) is 26.9 Å². The number of amides is 1. The summed E-state index contributed by atoms with van der Waals surface area (Å²) in [6.07, 6.45) is 0. The topological polar surface area (TPSA) is 64.1 Å². The second-order valence-corrected chi connectivity index (χ2v) is 7.90. The number of anilines is 1. The predicted octanol–water partition coefficient (Wildman–Crippen LogP) is 5.26. The van der Waals surface area contributed by atoms with Crippen LogP contribution in [0, 0.1) is 0 Å². The molecule has 0 bridgehead atoms. The van der Waals surface area contributed by atoms with Crippen molar-refractivity contribution < 1.29 is 9.53 Å². The van der Waals surface area contributed by atoms with Crippen LogP contribution in [0.5, 0.6) is 5.75 Å². The summed E-state index contributed by atoms with van der Waals surface area (Å²) in [7, 11) is 1.63. The Hall–Kier alpha value is -2.55. The van der Waals surface area contributed by atoms with Gasteiger partial charge < -0.3 is 4.74 Å². The van der Waals surface area contributed by atoms with Crippen LogP contribution in [0.15, 0.2) is 52.5 Å². The first-order chi connectivity index (χ1) is 12.7. The van der Waals surface area contributed by atoms with E-state index in [1.165, 1.54) is 22.7 Å². The van der Waals surface area contributed by atoms with Crippen molar-refractivity contribution in [3.8, 4) is 26.9 Å². The Bertz CT molecular complexity index is 1020. The third-order valence-corrected chi connectivity index (χ3v) is 6.22. The van der Waals surface area contributed by atoms with E-state index in [4.69, 9.17) is 4.74 Å². The van der Waals surface area contributed by atoms with Gasteiger partial charge in [0.15, 0.2) is 5.13 Å². The fraction of sp³-hybridized carbons (Fsp3) is 0.0556. The van der Waals surface area contributed by atoms with E-state index in [2.05, 4.69) is 15.3 Å². The van der Waals surface area contributed by atoms with E-state index in [-0.39, 0.29) is 5.91 Å². The first kappa shape index (κ1) is 16.9. The lowest BCUT2D eigenvalue weighted by atomic mass is 10.2. The number of methoxy groups -OCH3 is 1. The molecule has 1 amide bonds. The van der Waals surface area contributed by atoms with Gasteiger partial charge in [0.1, 0.15) is 16.5 Å². The molecule has 0 spiro atoms. The summed E-state index contributed by atoms with van der Waals surface area (Å²) in [6.45, 7) is 0. The number of thiazole rings is 2. The minimum atomic E-state index is -0.250. The van der Waals surface area contributed by atoms with Crippen LogP contribution >= 0.6 is 34.0 Å². The van der Waals surface area contributed by atoms with Crippen molar-refractivity contribution in [2.75, 3.05) is 12.4 Å². The molecule has 0 aliphatic heterocycles. The van der Waals surface area contributed by atoms with Gasteiger partial charge in [-0.3, -0.25) is 10.1 Å². The highest BCUT2D eigenvalue weighted by molar-refractivity contribution is 7.20. The third-order valence-electron chi connectivity index (χ3n) is 3.58. The quantitative estimate of drug-likeness (QED) is 0.497. The lowest BCUT2D eigenvalue weighted by molar-refractivity contribution is 0.102. The molecule has 3 heterocycles. The highest BCUT2D eigenvalue weighted by Gasteiger charge is 2.14. The van der Waals surface area contributed by atoms with Gasteiger partial charge in [0.05, 0.1) is 17.7 Å². The fourth-order valence-electron chi connectivity index (χ4n) is 2.28. The van der Waals surface area contributed by atoms with Crippen molar-refractivity contribution in [2.24, 2.45) is 0 Å². The van der Waals surface area contributed by atoms with E-state index >= 15 is 0 Å². The summed E-state index contributed by atoms with van der Waals surface area (Å²) in [4.78, 5) is 22.4. The number of hydrogen-bond acceptors (Lipinski definition) is 7. The van der Waals surface area contributed by atoms with Crippen LogP contribution in [0.1, 0.15) is 10.5 Å². The van der Waals surface area contributed by atoms with Gasteiger partial charge in [0.25, 0.3) is 5.91 Å². The van der Waals surface area contributed by atoms with E-state index in [1.54, 1.807) is 23.8 Å². The molecule has 0 saturated carbocycles. The summed E-state index contributed by atoms with van der Waals surface area (Å²) in [5, 5.41) is 9.89. The Morgan fingerprint density at radius 2 is 1.88 bits per heavy atom. The maximum absolute atomic E-state index is 12.4. The molecule has 4 aromatic rings.